The molecule has 176 valence electrons. The van der Waals surface area contributed by atoms with E-state index in [-0.39, 0.29) is 17.7 Å². The van der Waals surface area contributed by atoms with Crippen molar-refractivity contribution in [2.45, 2.75) is 39.5 Å². The van der Waals surface area contributed by atoms with Gasteiger partial charge in [0, 0.05) is 28.4 Å². The van der Waals surface area contributed by atoms with Crippen LogP contribution in [0.25, 0.3) is 28.0 Å². The first-order chi connectivity index (χ1) is 16.8. The van der Waals surface area contributed by atoms with Gasteiger partial charge < -0.3 is 9.84 Å². The Labute approximate surface area is 203 Å². The van der Waals surface area contributed by atoms with Gasteiger partial charge in [0.15, 0.2) is 5.82 Å². The van der Waals surface area contributed by atoms with E-state index in [9.17, 15) is 4.79 Å². The minimum atomic E-state index is -0.171. The monoisotopic (exact) mass is 465 g/mol. The number of carbonyl (C=O) groups is 1. The zero-order valence-electron chi connectivity index (χ0n) is 20.2. The second-order valence-corrected chi connectivity index (χ2v) is 9.70. The third-order valence-corrected chi connectivity index (χ3v) is 5.80. The first kappa shape index (κ1) is 22.5. The van der Waals surface area contributed by atoms with E-state index in [1.165, 1.54) is 0 Å². The fourth-order valence-corrected chi connectivity index (χ4v) is 3.96. The van der Waals surface area contributed by atoms with E-state index >= 15 is 0 Å². The smallest absolute Gasteiger partial charge is 0.230 e. The van der Waals surface area contributed by atoms with E-state index in [4.69, 9.17) is 4.52 Å². The molecule has 0 spiro atoms. The molecule has 3 heterocycles. The zero-order chi connectivity index (χ0) is 24.6. The number of carbonyl (C=O) groups excluding carboxylic acids is 1. The quantitative estimate of drug-likeness (QED) is 0.351. The summed E-state index contributed by atoms with van der Waals surface area (Å²) in [6, 6.07) is 21.8. The largest absolute Gasteiger partial charge is 0.359 e. The number of nitrogens with one attached hydrogen (secondary N) is 1. The molecule has 3 aromatic heterocycles. The Morgan fingerprint density at radius 3 is 2.63 bits per heavy atom. The van der Waals surface area contributed by atoms with Crippen molar-refractivity contribution >= 4 is 22.8 Å². The third kappa shape index (κ3) is 4.84. The molecule has 1 amide bonds. The molecule has 5 aromatic rings. The second-order valence-electron chi connectivity index (χ2n) is 9.70. The molecule has 0 fully saturated rings. The van der Waals surface area contributed by atoms with Crippen LogP contribution in [-0.2, 0) is 16.6 Å². The van der Waals surface area contributed by atoms with Gasteiger partial charge in [-0.1, -0.05) is 50.2 Å². The highest BCUT2D eigenvalue weighted by atomic mass is 16.5. The SMILES string of the molecule is Cc1cccc(-c2ccc3c(c2)ncn3-c2cccc(CC(=O)Nc3cc(C(C)(C)C)on3)c2)n1. The molecule has 0 saturated carbocycles. The van der Waals surface area contributed by atoms with Crippen molar-refractivity contribution in [2.24, 2.45) is 0 Å². The van der Waals surface area contributed by atoms with Crippen LogP contribution in [-0.4, -0.2) is 25.6 Å². The van der Waals surface area contributed by atoms with Gasteiger partial charge in [-0.25, -0.2) is 4.98 Å². The van der Waals surface area contributed by atoms with Gasteiger partial charge in [-0.3, -0.25) is 14.3 Å². The van der Waals surface area contributed by atoms with Gasteiger partial charge in [0.25, 0.3) is 0 Å². The number of pyridine rings is 1. The lowest BCUT2D eigenvalue weighted by Gasteiger charge is -2.12. The van der Waals surface area contributed by atoms with Gasteiger partial charge in [-0.05, 0) is 48.9 Å². The first-order valence-corrected chi connectivity index (χ1v) is 11.5. The standard InChI is InChI=1S/C28H27N5O2/c1-18-7-5-10-22(30-18)20-11-12-24-23(15-20)29-17-33(24)21-9-6-8-19(13-21)14-27(34)31-26-16-25(35-32-26)28(2,3)4/h5-13,15-17H,14H2,1-4H3,(H,31,32,34). The molecule has 0 aliphatic rings. The van der Waals surface area contributed by atoms with Crippen molar-refractivity contribution in [2.75, 3.05) is 5.32 Å². The van der Waals surface area contributed by atoms with Crippen LogP contribution in [0.3, 0.4) is 0 Å². The summed E-state index contributed by atoms with van der Waals surface area (Å²) in [4.78, 5) is 21.9. The molecule has 5 rings (SSSR count). The fraction of sp³-hybridized carbons (Fsp3) is 0.214. The van der Waals surface area contributed by atoms with Crippen LogP contribution < -0.4 is 5.32 Å². The van der Waals surface area contributed by atoms with E-state index in [1.54, 1.807) is 12.4 Å². The van der Waals surface area contributed by atoms with Crippen molar-refractivity contribution in [3.8, 4) is 16.9 Å². The number of fused-ring (bicyclic) bond motifs is 1. The Kier molecular flexibility index (Phi) is 5.68. The highest BCUT2D eigenvalue weighted by molar-refractivity contribution is 5.91. The zero-order valence-corrected chi connectivity index (χ0v) is 20.2. The maximum Gasteiger partial charge on any atom is 0.230 e. The van der Waals surface area contributed by atoms with Gasteiger partial charge >= 0.3 is 0 Å². The van der Waals surface area contributed by atoms with E-state index < -0.39 is 0 Å². The van der Waals surface area contributed by atoms with Gasteiger partial charge in [0.2, 0.25) is 5.91 Å². The molecule has 0 bridgehead atoms. The molecule has 0 atom stereocenters. The molecular weight excluding hydrogens is 438 g/mol. The van der Waals surface area contributed by atoms with Gasteiger partial charge in [-0.15, -0.1) is 0 Å². The number of benzene rings is 2. The van der Waals surface area contributed by atoms with Crippen molar-refractivity contribution < 1.29 is 9.32 Å². The summed E-state index contributed by atoms with van der Waals surface area (Å²) in [5.41, 5.74) is 6.46. The van der Waals surface area contributed by atoms with Crippen LogP contribution in [0, 0.1) is 6.92 Å². The van der Waals surface area contributed by atoms with E-state index in [1.807, 2.05) is 74.7 Å². The molecule has 1 N–H and O–H groups in total. The summed E-state index contributed by atoms with van der Waals surface area (Å²) in [5.74, 6) is 1.00. The number of hydrogen-bond acceptors (Lipinski definition) is 5. The normalized spacial score (nSPS) is 11.7. The maximum atomic E-state index is 12.6. The van der Waals surface area contributed by atoms with Crippen LogP contribution in [0.1, 0.15) is 37.8 Å². The van der Waals surface area contributed by atoms with Gasteiger partial charge in [-0.2, -0.15) is 0 Å². The number of aryl methyl sites for hydroxylation is 1. The van der Waals surface area contributed by atoms with Crippen LogP contribution in [0.4, 0.5) is 5.82 Å². The number of rotatable bonds is 5. The van der Waals surface area contributed by atoms with Crippen LogP contribution in [0.5, 0.6) is 0 Å². The summed E-state index contributed by atoms with van der Waals surface area (Å²) < 4.78 is 7.38. The molecule has 0 saturated heterocycles. The molecule has 2 aromatic carbocycles. The molecule has 0 aliphatic heterocycles. The molecule has 7 heteroatoms. The Bertz CT molecular complexity index is 1520. The Hall–Kier alpha value is -4.26. The maximum absolute atomic E-state index is 12.6. The van der Waals surface area contributed by atoms with Crippen LogP contribution in [0.2, 0.25) is 0 Å². The van der Waals surface area contributed by atoms with E-state index in [2.05, 4.69) is 38.6 Å². The van der Waals surface area contributed by atoms with Crippen molar-refractivity contribution in [1.29, 1.82) is 0 Å². The Balaban J connectivity index is 1.35. The number of imidazole rings is 1. The summed E-state index contributed by atoms with van der Waals surface area (Å²) in [5, 5.41) is 6.79. The summed E-state index contributed by atoms with van der Waals surface area (Å²) in [7, 11) is 0. The number of aromatic nitrogens is 4. The van der Waals surface area contributed by atoms with Crippen LogP contribution in [0.15, 0.2) is 77.6 Å². The van der Waals surface area contributed by atoms with E-state index in [0.717, 1.165) is 45.0 Å². The minimum Gasteiger partial charge on any atom is -0.359 e. The Morgan fingerprint density at radius 1 is 1.03 bits per heavy atom. The predicted octanol–water partition coefficient (Wildman–Crippen LogP) is 5.86. The van der Waals surface area contributed by atoms with Crippen molar-refractivity contribution in [1.82, 2.24) is 19.7 Å². The number of anilines is 1. The number of hydrogen-bond donors (Lipinski definition) is 1. The molecule has 0 radical (unpaired) electrons. The predicted molar refractivity (Wildman–Crippen MR) is 137 cm³/mol. The Morgan fingerprint density at radius 2 is 1.86 bits per heavy atom. The van der Waals surface area contributed by atoms with Crippen molar-refractivity contribution in [3.63, 3.8) is 0 Å². The third-order valence-electron chi connectivity index (χ3n) is 5.80. The lowest BCUT2D eigenvalue weighted by molar-refractivity contribution is -0.115. The summed E-state index contributed by atoms with van der Waals surface area (Å²) in [6.07, 6.45) is 2.03. The molecule has 7 nitrogen and oxygen atoms in total. The molecule has 0 aliphatic carbocycles. The van der Waals surface area contributed by atoms with Crippen LogP contribution >= 0.6 is 0 Å². The lowest BCUT2D eigenvalue weighted by atomic mass is 9.93. The molecule has 35 heavy (non-hydrogen) atoms. The minimum absolute atomic E-state index is 0.151. The van der Waals surface area contributed by atoms with Crippen molar-refractivity contribution in [3.05, 3.63) is 90.1 Å². The number of nitrogens with zero attached hydrogens (tertiary/aromatic N) is 4. The summed E-state index contributed by atoms with van der Waals surface area (Å²) in [6.45, 7) is 8.08. The lowest BCUT2D eigenvalue weighted by Crippen LogP contribution is -2.15. The second kappa shape index (κ2) is 8.83. The molecular formula is C28H27N5O2. The molecule has 0 unspecified atom stereocenters. The van der Waals surface area contributed by atoms with Gasteiger partial charge in [0.1, 0.15) is 12.1 Å². The summed E-state index contributed by atoms with van der Waals surface area (Å²) >= 11 is 0. The first-order valence-electron chi connectivity index (χ1n) is 11.5. The van der Waals surface area contributed by atoms with Gasteiger partial charge in [0.05, 0.1) is 23.1 Å². The average molecular weight is 466 g/mol. The highest BCUT2D eigenvalue weighted by Gasteiger charge is 2.20. The topological polar surface area (TPSA) is 85.8 Å². The van der Waals surface area contributed by atoms with E-state index in [0.29, 0.717) is 5.82 Å². The fourth-order valence-electron chi connectivity index (χ4n) is 3.96. The highest BCUT2D eigenvalue weighted by Crippen LogP contribution is 2.26. The number of amides is 1. The average Bonchev–Trinajstić information content (AvgIpc) is 3.46.